The molecular formula is C24H29N2OS+. The van der Waals surface area contributed by atoms with Crippen LogP contribution in [-0.4, -0.2) is 23.9 Å². The number of hydrogen-bond acceptors (Lipinski definition) is 2. The van der Waals surface area contributed by atoms with Crippen molar-refractivity contribution in [3.63, 3.8) is 0 Å². The van der Waals surface area contributed by atoms with Crippen molar-refractivity contribution in [3.8, 4) is 0 Å². The smallest absolute Gasteiger partial charge is 0.285 e. The Bertz CT molecular complexity index is 855. The van der Waals surface area contributed by atoms with E-state index in [1.807, 2.05) is 36.9 Å². The minimum absolute atomic E-state index is 0.0883. The maximum Gasteiger partial charge on any atom is 0.285 e. The molecule has 1 amide bonds. The number of hydrogen-bond donors (Lipinski definition) is 1. The van der Waals surface area contributed by atoms with Gasteiger partial charge in [0.25, 0.3) is 5.91 Å². The van der Waals surface area contributed by atoms with E-state index in [9.17, 15) is 4.79 Å². The fourth-order valence-corrected chi connectivity index (χ4v) is 4.37. The number of carbonyl (C=O) groups is 1. The molecule has 28 heavy (non-hydrogen) atoms. The number of carbonyl (C=O) groups excluding carboxylic acids is 1. The highest BCUT2D eigenvalue weighted by Gasteiger charge is 2.32. The molecule has 0 aliphatic carbocycles. The Morgan fingerprint density at radius 2 is 1.61 bits per heavy atom. The SMILES string of the molecule is CCN(CC)C(=O)[C@@H]([NH2+][C@@H](c1ccc(C)cc1)c1cccs1)c1ccccc1. The summed E-state index contributed by atoms with van der Waals surface area (Å²) < 4.78 is 0. The van der Waals surface area contributed by atoms with Gasteiger partial charge in [-0.15, -0.1) is 11.3 Å². The van der Waals surface area contributed by atoms with Crippen molar-refractivity contribution >= 4 is 17.2 Å². The number of rotatable bonds is 8. The quantitative estimate of drug-likeness (QED) is 0.608. The molecule has 3 rings (SSSR count). The van der Waals surface area contributed by atoms with Crippen molar-refractivity contribution < 1.29 is 10.1 Å². The van der Waals surface area contributed by atoms with Gasteiger partial charge in [0.1, 0.15) is 6.04 Å². The highest BCUT2D eigenvalue weighted by Crippen LogP contribution is 2.25. The standard InChI is InChI=1S/C24H28N2OS/c1-4-26(5-2)24(27)23(19-10-7-6-8-11-19)25-22(21-12-9-17-28-21)20-15-13-18(3)14-16-20/h6-17,22-23,25H,4-5H2,1-3H3/p+1/t22-,23-/m0/s1. The Hall–Kier alpha value is -2.43. The molecule has 4 heteroatoms. The van der Waals surface area contributed by atoms with Gasteiger partial charge in [-0.05, 0) is 32.2 Å². The minimum atomic E-state index is -0.269. The number of aryl methyl sites for hydroxylation is 1. The molecule has 0 aliphatic rings. The fraction of sp³-hybridized carbons (Fsp3) is 0.292. The molecule has 0 unspecified atom stereocenters. The van der Waals surface area contributed by atoms with E-state index in [-0.39, 0.29) is 18.0 Å². The Balaban J connectivity index is 2.00. The van der Waals surface area contributed by atoms with Crippen molar-refractivity contribution in [2.75, 3.05) is 13.1 Å². The third kappa shape index (κ3) is 4.70. The lowest BCUT2D eigenvalue weighted by Gasteiger charge is -2.27. The van der Waals surface area contributed by atoms with Crippen molar-refractivity contribution in [2.45, 2.75) is 32.9 Å². The molecule has 0 saturated heterocycles. The molecule has 3 aromatic rings. The molecule has 2 N–H and O–H groups in total. The van der Waals surface area contributed by atoms with Gasteiger partial charge in [0.2, 0.25) is 0 Å². The van der Waals surface area contributed by atoms with E-state index < -0.39 is 0 Å². The van der Waals surface area contributed by atoms with Gasteiger partial charge in [-0.25, -0.2) is 0 Å². The second-order valence-corrected chi connectivity index (χ2v) is 7.97. The second kappa shape index (κ2) is 9.67. The molecule has 0 saturated carbocycles. The van der Waals surface area contributed by atoms with Crippen LogP contribution in [0.5, 0.6) is 0 Å². The molecule has 1 aromatic heterocycles. The summed E-state index contributed by atoms with van der Waals surface area (Å²) in [6, 6.07) is 22.9. The van der Waals surface area contributed by atoms with E-state index in [0.29, 0.717) is 0 Å². The number of thiophene rings is 1. The average Bonchev–Trinajstić information content (AvgIpc) is 3.26. The Labute approximate surface area is 172 Å². The number of nitrogens with two attached hydrogens (primary N) is 1. The molecule has 0 bridgehead atoms. The first-order valence-corrected chi connectivity index (χ1v) is 10.8. The monoisotopic (exact) mass is 393 g/mol. The Kier molecular flexibility index (Phi) is 7.01. The lowest BCUT2D eigenvalue weighted by Crippen LogP contribution is -2.88. The predicted octanol–water partition coefficient (Wildman–Crippen LogP) is 4.32. The highest BCUT2D eigenvalue weighted by atomic mass is 32.1. The zero-order chi connectivity index (χ0) is 19.9. The largest absolute Gasteiger partial charge is 0.338 e. The maximum absolute atomic E-state index is 13.4. The summed E-state index contributed by atoms with van der Waals surface area (Å²) in [5.74, 6) is 0.171. The maximum atomic E-state index is 13.4. The summed E-state index contributed by atoms with van der Waals surface area (Å²) in [7, 11) is 0. The van der Waals surface area contributed by atoms with E-state index >= 15 is 0 Å². The van der Waals surface area contributed by atoms with Gasteiger partial charge in [-0.2, -0.15) is 0 Å². The van der Waals surface area contributed by atoms with Crippen LogP contribution in [0.15, 0.2) is 72.1 Å². The molecular weight excluding hydrogens is 364 g/mol. The summed E-state index contributed by atoms with van der Waals surface area (Å²) in [4.78, 5) is 16.6. The lowest BCUT2D eigenvalue weighted by atomic mass is 9.99. The highest BCUT2D eigenvalue weighted by molar-refractivity contribution is 7.10. The van der Waals surface area contributed by atoms with Gasteiger partial charge in [0.05, 0.1) is 4.88 Å². The Morgan fingerprint density at radius 1 is 0.929 bits per heavy atom. The van der Waals surface area contributed by atoms with Crippen LogP contribution in [0.2, 0.25) is 0 Å². The van der Waals surface area contributed by atoms with E-state index in [0.717, 1.165) is 18.7 Å². The summed E-state index contributed by atoms with van der Waals surface area (Å²) in [6.07, 6.45) is 0. The van der Waals surface area contributed by atoms with Gasteiger partial charge in [0, 0.05) is 24.2 Å². The number of likely N-dealkylation sites (N-methyl/N-ethyl adjacent to an activating group) is 1. The van der Waals surface area contributed by atoms with Crippen molar-refractivity contribution in [2.24, 2.45) is 0 Å². The van der Waals surface area contributed by atoms with Crippen LogP contribution in [0.3, 0.4) is 0 Å². The number of amides is 1. The van der Waals surface area contributed by atoms with Crippen LogP contribution < -0.4 is 5.32 Å². The summed E-state index contributed by atoms with van der Waals surface area (Å²) in [6.45, 7) is 7.63. The molecule has 1 heterocycles. The number of quaternary nitrogens is 1. The van der Waals surface area contributed by atoms with E-state index in [1.165, 1.54) is 16.0 Å². The first-order valence-electron chi connectivity index (χ1n) is 9.92. The second-order valence-electron chi connectivity index (χ2n) is 7.00. The first-order chi connectivity index (χ1) is 13.6. The van der Waals surface area contributed by atoms with Gasteiger partial charge in [-0.3, -0.25) is 4.79 Å². The van der Waals surface area contributed by atoms with Gasteiger partial charge < -0.3 is 10.2 Å². The van der Waals surface area contributed by atoms with Crippen molar-refractivity contribution in [3.05, 3.63) is 93.7 Å². The van der Waals surface area contributed by atoms with E-state index in [1.54, 1.807) is 11.3 Å². The minimum Gasteiger partial charge on any atom is -0.338 e. The molecule has 3 nitrogen and oxygen atoms in total. The summed E-state index contributed by atoms with van der Waals surface area (Å²) >= 11 is 1.74. The normalized spacial score (nSPS) is 13.1. The van der Waals surface area contributed by atoms with Crippen LogP contribution in [0.4, 0.5) is 0 Å². The average molecular weight is 394 g/mol. The molecule has 0 radical (unpaired) electrons. The zero-order valence-corrected chi connectivity index (χ0v) is 17.7. The molecule has 0 fully saturated rings. The molecule has 0 aliphatic heterocycles. The van der Waals surface area contributed by atoms with Crippen LogP contribution in [0.1, 0.15) is 47.5 Å². The van der Waals surface area contributed by atoms with Crippen molar-refractivity contribution in [1.29, 1.82) is 0 Å². The first kappa shape index (κ1) is 20.3. The van der Waals surface area contributed by atoms with E-state index in [2.05, 4.69) is 66.2 Å². The van der Waals surface area contributed by atoms with E-state index in [4.69, 9.17) is 0 Å². The molecule has 2 aromatic carbocycles. The topological polar surface area (TPSA) is 36.9 Å². The predicted molar refractivity (Wildman–Crippen MR) is 116 cm³/mol. The number of nitrogens with zero attached hydrogens (tertiary/aromatic N) is 1. The summed E-state index contributed by atoms with van der Waals surface area (Å²) in [5, 5.41) is 4.33. The molecule has 146 valence electrons. The fourth-order valence-electron chi connectivity index (χ4n) is 3.53. The summed E-state index contributed by atoms with van der Waals surface area (Å²) in [5.41, 5.74) is 3.52. The van der Waals surface area contributed by atoms with Crippen LogP contribution in [0, 0.1) is 6.92 Å². The third-order valence-electron chi connectivity index (χ3n) is 5.17. The lowest BCUT2D eigenvalue weighted by molar-refractivity contribution is -0.714. The third-order valence-corrected chi connectivity index (χ3v) is 6.13. The van der Waals surface area contributed by atoms with Crippen LogP contribution in [0.25, 0.3) is 0 Å². The molecule has 0 spiro atoms. The zero-order valence-electron chi connectivity index (χ0n) is 16.8. The van der Waals surface area contributed by atoms with Gasteiger partial charge in [0.15, 0.2) is 6.04 Å². The Morgan fingerprint density at radius 3 is 2.18 bits per heavy atom. The van der Waals surface area contributed by atoms with Gasteiger partial charge >= 0.3 is 0 Å². The molecule has 2 atom stereocenters. The van der Waals surface area contributed by atoms with Gasteiger partial charge in [-0.1, -0.05) is 66.2 Å². The van der Waals surface area contributed by atoms with Crippen LogP contribution >= 0.6 is 11.3 Å². The number of benzene rings is 2. The van der Waals surface area contributed by atoms with Crippen LogP contribution in [-0.2, 0) is 4.79 Å². The van der Waals surface area contributed by atoms with Crippen molar-refractivity contribution in [1.82, 2.24) is 4.90 Å².